The lowest BCUT2D eigenvalue weighted by Crippen LogP contribution is -2.58. The summed E-state index contributed by atoms with van der Waals surface area (Å²) in [7, 11) is -2.91. The fraction of sp³-hybridized carbons (Fsp3) is 1.00. The lowest BCUT2D eigenvalue weighted by Gasteiger charge is -2.59. The number of nitrogens with one attached hydrogen (secondary N) is 1. The van der Waals surface area contributed by atoms with Crippen molar-refractivity contribution in [3.63, 3.8) is 0 Å². The number of sulfone groups is 1. The molecule has 4 rings (SSSR count). The third-order valence-electron chi connectivity index (χ3n) is 6.21. The maximum Gasteiger partial charge on any atom is 0.151 e. The molecule has 4 aliphatic carbocycles. The van der Waals surface area contributed by atoms with Gasteiger partial charge in [-0.15, -0.1) is 0 Å². The summed E-state index contributed by atoms with van der Waals surface area (Å²) in [5.41, 5.74) is 0.283. The van der Waals surface area contributed by atoms with E-state index in [1.54, 1.807) is 0 Å². The van der Waals surface area contributed by atoms with Gasteiger partial charge in [-0.05, 0) is 74.7 Å². The first-order chi connectivity index (χ1) is 9.96. The molecule has 4 saturated carbocycles. The molecular weight excluding hydrogens is 282 g/mol. The van der Waals surface area contributed by atoms with E-state index in [-0.39, 0.29) is 11.5 Å². The van der Waals surface area contributed by atoms with Gasteiger partial charge in [-0.1, -0.05) is 13.8 Å². The van der Waals surface area contributed by atoms with Crippen LogP contribution in [0, 0.1) is 23.2 Å². The van der Waals surface area contributed by atoms with Crippen molar-refractivity contribution in [2.75, 3.05) is 18.1 Å². The van der Waals surface area contributed by atoms with E-state index in [1.807, 2.05) is 6.92 Å². The zero-order valence-electron chi connectivity index (χ0n) is 13.6. The highest BCUT2D eigenvalue weighted by atomic mass is 32.2. The minimum atomic E-state index is -2.91. The van der Waals surface area contributed by atoms with Gasteiger partial charge in [-0.25, -0.2) is 8.42 Å². The Morgan fingerprint density at radius 2 is 1.57 bits per heavy atom. The van der Waals surface area contributed by atoms with Crippen molar-refractivity contribution < 1.29 is 8.42 Å². The quantitative estimate of drug-likeness (QED) is 0.786. The van der Waals surface area contributed by atoms with E-state index in [0.717, 1.165) is 30.7 Å². The van der Waals surface area contributed by atoms with E-state index in [2.05, 4.69) is 12.2 Å². The van der Waals surface area contributed by atoms with Gasteiger partial charge >= 0.3 is 0 Å². The largest absolute Gasteiger partial charge is 0.313 e. The van der Waals surface area contributed by atoms with Crippen LogP contribution in [0.2, 0.25) is 0 Å². The second-order valence-electron chi connectivity index (χ2n) is 8.00. The number of hydrogen-bond donors (Lipinski definition) is 1. The van der Waals surface area contributed by atoms with Crippen LogP contribution in [0.3, 0.4) is 0 Å². The minimum Gasteiger partial charge on any atom is -0.313 e. The van der Waals surface area contributed by atoms with E-state index in [4.69, 9.17) is 0 Å². The summed E-state index contributed by atoms with van der Waals surface area (Å²) in [5.74, 6) is 3.35. The second-order valence-corrected chi connectivity index (χ2v) is 10.2. The van der Waals surface area contributed by atoms with Crippen molar-refractivity contribution in [2.24, 2.45) is 23.2 Å². The molecule has 0 saturated heterocycles. The number of hydrogen-bond acceptors (Lipinski definition) is 3. The minimum absolute atomic E-state index is 0.187. The molecule has 4 bridgehead atoms. The normalized spacial score (nSPS) is 39.6. The molecule has 0 aromatic carbocycles. The Labute approximate surface area is 130 Å². The Bertz CT molecular complexity index is 436. The molecule has 4 heteroatoms. The van der Waals surface area contributed by atoms with Crippen LogP contribution < -0.4 is 5.32 Å². The van der Waals surface area contributed by atoms with Gasteiger partial charge in [-0.2, -0.15) is 0 Å². The molecule has 0 aromatic rings. The molecule has 4 aliphatic rings. The fourth-order valence-electron chi connectivity index (χ4n) is 5.95. The first-order valence-electron chi connectivity index (χ1n) is 8.90. The SMILES string of the molecule is CCCS(=O)(=O)CC(NCC)C12CC3CC(CC(C3)C1)C2. The second kappa shape index (κ2) is 5.84. The van der Waals surface area contributed by atoms with Crippen LogP contribution >= 0.6 is 0 Å². The highest BCUT2D eigenvalue weighted by molar-refractivity contribution is 7.91. The number of rotatable bonds is 7. The zero-order chi connectivity index (χ0) is 15.1. The van der Waals surface area contributed by atoms with Gasteiger partial charge in [0.1, 0.15) is 0 Å². The molecule has 0 spiro atoms. The highest BCUT2D eigenvalue weighted by Gasteiger charge is 2.54. The van der Waals surface area contributed by atoms with Crippen molar-refractivity contribution >= 4 is 9.84 Å². The van der Waals surface area contributed by atoms with Crippen molar-refractivity contribution in [3.8, 4) is 0 Å². The molecule has 1 atom stereocenters. The van der Waals surface area contributed by atoms with Crippen LogP contribution in [0.15, 0.2) is 0 Å². The molecule has 0 heterocycles. The first-order valence-corrected chi connectivity index (χ1v) is 10.7. The third kappa shape index (κ3) is 3.17. The molecule has 4 fully saturated rings. The molecule has 0 amide bonds. The summed E-state index contributed by atoms with van der Waals surface area (Å²) in [6.45, 7) is 4.96. The molecule has 1 unspecified atom stereocenters. The van der Waals surface area contributed by atoms with Crippen molar-refractivity contribution in [3.05, 3.63) is 0 Å². The van der Waals surface area contributed by atoms with E-state index >= 15 is 0 Å². The Morgan fingerprint density at radius 1 is 1.05 bits per heavy atom. The van der Waals surface area contributed by atoms with Crippen molar-refractivity contribution in [1.29, 1.82) is 0 Å². The molecule has 3 nitrogen and oxygen atoms in total. The standard InChI is InChI=1S/C17H31NO2S/c1-3-5-21(19,20)12-16(18-4-2)17-9-13-6-14(10-17)8-15(7-13)11-17/h13-16,18H,3-12H2,1-2H3. The molecule has 0 aliphatic heterocycles. The molecule has 1 N–H and O–H groups in total. The summed E-state index contributed by atoms with van der Waals surface area (Å²) in [4.78, 5) is 0. The van der Waals surface area contributed by atoms with E-state index < -0.39 is 9.84 Å². The average Bonchev–Trinajstić information content (AvgIpc) is 2.36. The summed E-state index contributed by atoms with van der Waals surface area (Å²) in [6, 6.07) is 0.187. The topological polar surface area (TPSA) is 46.2 Å². The Balaban J connectivity index is 1.80. The predicted molar refractivity (Wildman–Crippen MR) is 87.0 cm³/mol. The molecule has 122 valence electrons. The van der Waals surface area contributed by atoms with Crippen LogP contribution in [-0.2, 0) is 9.84 Å². The monoisotopic (exact) mass is 313 g/mol. The van der Waals surface area contributed by atoms with Crippen molar-refractivity contribution in [1.82, 2.24) is 5.32 Å². The highest BCUT2D eigenvalue weighted by Crippen LogP contribution is 2.61. The van der Waals surface area contributed by atoms with Gasteiger partial charge in [0.2, 0.25) is 0 Å². The maximum atomic E-state index is 12.4. The summed E-state index contributed by atoms with van der Waals surface area (Å²) >= 11 is 0. The Morgan fingerprint density at radius 3 is 2.00 bits per heavy atom. The molecule has 0 aromatic heterocycles. The summed E-state index contributed by atoms with van der Waals surface area (Å²) < 4.78 is 24.7. The van der Waals surface area contributed by atoms with E-state index in [1.165, 1.54) is 38.5 Å². The zero-order valence-corrected chi connectivity index (χ0v) is 14.4. The average molecular weight is 314 g/mol. The summed E-state index contributed by atoms with van der Waals surface area (Å²) in [5, 5.41) is 3.57. The van der Waals surface area contributed by atoms with Gasteiger partial charge in [0.25, 0.3) is 0 Å². The van der Waals surface area contributed by atoms with Crippen LogP contribution in [0.1, 0.15) is 58.8 Å². The van der Waals surface area contributed by atoms with Crippen molar-refractivity contribution in [2.45, 2.75) is 64.8 Å². The van der Waals surface area contributed by atoms with Crippen LogP contribution in [0.25, 0.3) is 0 Å². The third-order valence-corrected chi connectivity index (χ3v) is 8.08. The van der Waals surface area contributed by atoms with E-state index in [9.17, 15) is 8.42 Å². The Hall–Kier alpha value is -0.0900. The molecule has 0 radical (unpaired) electrons. The van der Waals surface area contributed by atoms with Crippen LogP contribution in [0.5, 0.6) is 0 Å². The van der Waals surface area contributed by atoms with E-state index in [0.29, 0.717) is 11.5 Å². The Kier molecular flexibility index (Phi) is 4.39. The smallest absolute Gasteiger partial charge is 0.151 e. The van der Waals surface area contributed by atoms with Gasteiger partial charge in [0.15, 0.2) is 9.84 Å². The predicted octanol–water partition coefficient (Wildman–Crippen LogP) is 3.01. The lowest BCUT2D eigenvalue weighted by atomic mass is 9.48. The maximum absolute atomic E-state index is 12.4. The molecule has 21 heavy (non-hydrogen) atoms. The summed E-state index contributed by atoms with van der Waals surface area (Å²) in [6.07, 6.45) is 8.82. The van der Waals surface area contributed by atoms with Gasteiger partial charge in [-0.3, -0.25) is 0 Å². The van der Waals surface area contributed by atoms with Gasteiger partial charge in [0.05, 0.1) is 5.75 Å². The fourth-order valence-corrected chi connectivity index (χ4v) is 7.72. The first kappa shape index (κ1) is 15.8. The van der Waals surface area contributed by atoms with Gasteiger partial charge in [0, 0.05) is 11.8 Å². The van der Waals surface area contributed by atoms with Crippen LogP contribution in [-0.4, -0.2) is 32.5 Å². The van der Waals surface area contributed by atoms with Gasteiger partial charge < -0.3 is 5.32 Å². The lowest BCUT2D eigenvalue weighted by molar-refractivity contribution is -0.0694. The van der Waals surface area contributed by atoms with Crippen LogP contribution in [0.4, 0.5) is 0 Å². The molecular formula is C17H31NO2S.